The zero-order valence-corrected chi connectivity index (χ0v) is 18.3. The van der Waals surface area contributed by atoms with Crippen LogP contribution in [0, 0.1) is 11.8 Å². The molecule has 4 nitrogen and oxygen atoms in total. The molecule has 0 radical (unpaired) electrons. The molecule has 1 aromatic heterocycles. The third-order valence-electron chi connectivity index (χ3n) is 8.58. The molecular weight excluding hydrogens is 380 g/mol. The average molecular weight is 413 g/mol. The largest absolute Gasteiger partial charge is 0.380 e. The summed E-state index contributed by atoms with van der Waals surface area (Å²) in [4.78, 5) is 6.76. The fourth-order valence-corrected chi connectivity index (χ4v) is 6.92. The minimum Gasteiger partial charge on any atom is -0.380 e. The Morgan fingerprint density at radius 2 is 1.77 bits per heavy atom. The minimum absolute atomic E-state index is 0.329. The van der Waals surface area contributed by atoms with Crippen LogP contribution in [0.2, 0.25) is 0 Å². The van der Waals surface area contributed by atoms with Gasteiger partial charge in [0.2, 0.25) is 0 Å². The molecule has 8 rings (SSSR count). The van der Waals surface area contributed by atoms with E-state index in [2.05, 4.69) is 76.0 Å². The van der Waals surface area contributed by atoms with Gasteiger partial charge in [0.1, 0.15) is 0 Å². The molecule has 4 heteroatoms. The number of H-pyrrole nitrogens is 1. The van der Waals surface area contributed by atoms with Gasteiger partial charge in [-0.15, -0.1) is 0 Å². The summed E-state index contributed by atoms with van der Waals surface area (Å²) in [7, 11) is 0. The molecule has 5 aliphatic rings. The molecule has 4 fully saturated rings. The number of benzene rings is 2. The number of anilines is 1. The third-order valence-corrected chi connectivity index (χ3v) is 8.58. The molecule has 1 saturated heterocycles. The lowest BCUT2D eigenvalue weighted by molar-refractivity contribution is 0.0712. The monoisotopic (exact) mass is 412 g/mol. The summed E-state index contributed by atoms with van der Waals surface area (Å²) in [6.45, 7) is 4.60. The number of fused-ring (bicyclic) bond motifs is 4. The molecule has 2 bridgehead atoms. The fraction of sp³-hybridized carbons (Fsp3) is 0.481. The molecule has 0 amide bonds. The van der Waals surface area contributed by atoms with Crippen molar-refractivity contribution in [2.45, 2.75) is 56.8 Å². The Kier molecular flexibility index (Phi) is 4.04. The van der Waals surface area contributed by atoms with E-state index in [0.29, 0.717) is 18.1 Å². The van der Waals surface area contributed by atoms with Crippen LogP contribution in [0.15, 0.2) is 48.5 Å². The van der Waals surface area contributed by atoms with Crippen LogP contribution in [-0.4, -0.2) is 41.1 Å². The van der Waals surface area contributed by atoms with Crippen LogP contribution in [0.5, 0.6) is 0 Å². The summed E-state index contributed by atoms with van der Waals surface area (Å²) in [6, 6.07) is 20.4. The van der Waals surface area contributed by atoms with Crippen molar-refractivity contribution in [2.75, 3.05) is 18.4 Å². The van der Waals surface area contributed by atoms with Gasteiger partial charge in [-0.2, -0.15) is 0 Å². The van der Waals surface area contributed by atoms with Gasteiger partial charge in [-0.25, -0.2) is 0 Å². The van der Waals surface area contributed by atoms with Crippen LogP contribution in [0.4, 0.5) is 5.69 Å². The van der Waals surface area contributed by atoms with Crippen LogP contribution in [0.25, 0.3) is 10.9 Å². The van der Waals surface area contributed by atoms with Crippen molar-refractivity contribution in [2.24, 2.45) is 11.8 Å². The van der Waals surface area contributed by atoms with Crippen molar-refractivity contribution in [3.8, 4) is 0 Å². The lowest BCUT2D eigenvalue weighted by Gasteiger charge is -2.46. The second kappa shape index (κ2) is 6.85. The lowest BCUT2D eigenvalue weighted by atomic mass is 9.82. The molecule has 0 spiro atoms. The number of hydrogen-bond donors (Lipinski definition) is 3. The van der Waals surface area contributed by atoms with Gasteiger partial charge in [0.05, 0.1) is 12.1 Å². The Bertz CT molecular complexity index is 1110. The van der Waals surface area contributed by atoms with E-state index in [9.17, 15) is 0 Å². The summed E-state index contributed by atoms with van der Waals surface area (Å²) in [6.07, 6.45) is 5.46. The smallest absolute Gasteiger partial charge is 0.0762 e. The van der Waals surface area contributed by atoms with E-state index < -0.39 is 0 Å². The van der Waals surface area contributed by atoms with Gasteiger partial charge < -0.3 is 15.6 Å². The Labute approximate surface area is 184 Å². The Balaban J connectivity index is 1.31. The number of nitrogens with zero attached hydrogens (tertiary/aromatic N) is 1. The van der Waals surface area contributed by atoms with Crippen LogP contribution in [0.3, 0.4) is 0 Å². The summed E-state index contributed by atoms with van der Waals surface area (Å²) in [5.74, 6) is 1.89. The zero-order chi connectivity index (χ0) is 20.5. The number of hydrogen-bond acceptors (Lipinski definition) is 3. The number of rotatable bonds is 4. The highest BCUT2D eigenvalue weighted by Crippen LogP contribution is 2.54. The standard InChI is InChI=1S/C27H32N4/c1-16-10-23-22-4-2-3-5-24(22)30-26(23)27(31(16)25-13-17-11-19(25)12-17)18-6-8-20(9-7-18)29-21-14-28-15-21/h2-9,16-17,19,21,25,27-30H,10-15H2,1H3/t16-,17?,19?,25?,27-/m1/s1. The van der Waals surface area contributed by atoms with E-state index in [4.69, 9.17) is 0 Å². The first-order chi connectivity index (χ1) is 15.2. The van der Waals surface area contributed by atoms with Gasteiger partial charge >= 0.3 is 0 Å². The fourth-order valence-electron chi connectivity index (χ4n) is 6.92. The number of para-hydroxylation sites is 1. The molecule has 2 aromatic carbocycles. The van der Waals surface area contributed by atoms with Crippen molar-refractivity contribution in [1.82, 2.24) is 15.2 Å². The Hall–Kier alpha value is -2.30. The average Bonchev–Trinajstić information content (AvgIpc) is 3.42. The van der Waals surface area contributed by atoms with Crippen molar-refractivity contribution in [3.63, 3.8) is 0 Å². The molecular formula is C27H32N4. The maximum absolute atomic E-state index is 3.87. The van der Waals surface area contributed by atoms with E-state index in [1.807, 2.05) is 0 Å². The highest BCUT2D eigenvalue weighted by Gasteiger charge is 2.51. The summed E-state index contributed by atoms with van der Waals surface area (Å²) in [5, 5.41) is 8.42. The van der Waals surface area contributed by atoms with Gasteiger partial charge in [-0.1, -0.05) is 30.3 Å². The number of nitrogens with one attached hydrogen (secondary N) is 3. The molecule has 31 heavy (non-hydrogen) atoms. The molecule has 3 aliphatic carbocycles. The first-order valence-electron chi connectivity index (χ1n) is 12.2. The highest BCUT2D eigenvalue weighted by molar-refractivity contribution is 5.85. The zero-order valence-electron chi connectivity index (χ0n) is 18.3. The van der Waals surface area contributed by atoms with Crippen LogP contribution in [0.1, 0.15) is 49.0 Å². The summed E-state index contributed by atoms with van der Waals surface area (Å²) < 4.78 is 0. The van der Waals surface area contributed by atoms with Crippen molar-refractivity contribution < 1.29 is 0 Å². The van der Waals surface area contributed by atoms with Gasteiger partial charge in [-0.3, -0.25) is 4.90 Å². The third kappa shape index (κ3) is 2.81. The van der Waals surface area contributed by atoms with Gasteiger partial charge in [0, 0.05) is 47.5 Å². The van der Waals surface area contributed by atoms with E-state index in [-0.39, 0.29) is 0 Å². The normalized spacial score (nSPS) is 32.5. The lowest BCUT2D eigenvalue weighted by Crippen LogP contribution is -2.51. The topological polar surface area (TPSA) is 43.1 Å². The van der Waals surface area contributed by atoms with Crippen LogP contribution in [-0.2, 0) is 6.42 Å². The Morgan fingerprint density at radius 3 is 2.48 bits per heavy atom. The maximum Gasteiger partial charge on any atom is 0.0762 e. The van der Waals surface area contributed by atoms with Crippen LogP contribution < -0.4 is 10.6 Å². The molecule has 3 heterocycles. The number of aromatic nitrogens is 1. The SMILES string of the molecule is C[C@@H]1Cc2c([nH]c3ccccc23)[C@@H](c2ccc(NC3CNC3)cc2)N1C1CC2CC1C2. The van der Waals surface area contributed by atoms with Crippen molar-refractivity contribution in [3.05, 3.63) is 65.4 Å². The number of aromatic amines is 1. The quantitative estimate of drug-likeness (QED) is 0.583. The van der Waals surface area contributed by atoms with Gasteiger partial charge in [0.15, 0.2) is 0 Å². The predicted molar refractivity (Wildman–Crippen MR) is 126 cm³/mol. The molecule has 2 aliphatic heterocycles. The molecule has 3 N–H and O–H groups in total. The molecule has 3 atom stereocenters. The first-order valence-corrected chi connectivity index (χ1v) is 12.2. The molecule has 3 aromatic rings. The predicted octanol–water partition coefficient (Wildman–Crippen LogP) is 4.69. The van der Waals surface area contributed by atoms with Crippen molar-refractivity contribution >= 4 is 16.6 Å². The van der Waals surface area contributed by atoms with E-state index in [0.717, 1.165) is 37.4 Å². The van der Waals surface area contributed by atoms with E-state index >= 15 is 0 Å². The second-order valence-corrected chi connectivity index (χ2v) is 10.5. The van der Waals surface area contributed by atoms with Crippen LogP contribution >= 0.6 is 0 Å². The van der Waals surface area contributed by atoms with Crippen molar-refractivity contribution in [1.29, 1.82) is 0 Å². The van der Waals surface area contributed by atoms with E-state index in [1.54, 1.807) is 0 Å². The van der Waals surface area contributed by atoms with Gasteiger partial charge in [0.25, 0.3) is 0 Å². The Morgan fingerprint density at radius 1 is 0.968 bits per heavy atom. The highest BCUT2D eigenvalue weighted by atomic mass is 15.2. The summed E-state index contributed by atoms with van der Waals surface area (Å²) >= 11 is 0. The molecule has 3 saturated carbocycles. The van der Waals surface area contributed by atoms with E-state index in [1.165, 1.54) is 52.7 Å². The maximum atomic E-state index is 3.87. The molecule has 1 unspecified atom stereocenters. The molecule has 160 valence electrons. The first kappa shape index (κ1) is 18.3. The summed E-state index contributed by atoms with van der Waals surface area (Å²) in [5.41, 5.74) is 6.94. The second-order valence-electron chi connectivity index (χ2n) is 10.5. The van der Waals surface area contributed by atoms with Gasteiger partial charge in [-0.05, 0) is 73.8 Å². The minimum atomic E-state index is 0.329.